The predicted octanol–water partition coefficient (Wildman–Crippen LogP) is 0.0220. The molecule has 1 unspecified atom stereocenters. The van der Waals surface area contributed by atoms with Gasteiger partial charge in [-0.05, 0) is 19.9 Å². The van der Waals surface area contributed by atoms with Crippen LogP contribution < -0.4 is 5.32 Å². The van der Waals surface area contributed by atoms with E-state index in [0.717, 1.165) is 5.69 Å². The van der Waals surface area contributed by atoms with Crippen LogP contribution in [-0.4, -0.2) is 39.3 Å². The maximum atomic E-state index is 12.0. The van der Waals surface area contributed by atoms with E-state index in [4.69, 9.17) is 0 Å². The molecule has 6 heteroatoms. The van der Waals surface area contributed by atoms with Crippen molar-refractivity contribution in [3.63, 3.8) is 0 Å². The van der Waals surface area contributed by atoms with Crippen LogP contribution in [0.4, 0.5) is 0 Å². The van der Waals surface area contributed by atoms with E-state index in [1.54, 1.807) is 31.0 Å². The number of hydrogen-bond donors (Lipinski definition) is 1. The third-order valence-corrected chi connectivity index (χ3v) is 2.85. The van der Waals surface area contributed by atoms with Crippen molar-refractivity contribution in [1.82, 2.24) is 20.2 Å². The van der Waals surface area contributed by atoms with Gasteiger partial charge in [-0.15, -0.1) is 0 Å². The standard InChI is InChI=1S/C12H16N4O2/c1-8-12(18)16(6-4-11(17)14-8)7-10-3-5-13-9(2)15-10/h3,5,8H,4,6-7H2,1-2H3,(H,14,17). The SMILES string of the molecule is Cc1nccc(CN2CCC(=O)NC(C)C2=O)n1. The van der Waals surface area contributed by atoms with Gasteiger partial charge < -0.3 is 10.2 Å². The molecule has 1 saturated heterocycles. The van der Waals surface area contributed by atoms with Crippen LogP contribution in [0, 0.1) is 6.92 Å². The van der Waals surface area contributed by atoms with Crippen LogP contribution in [0.5, 0.6) is 0 Å². The first-order chi connectivity index (χ1) is 8.56. The van der Waals surface area contributed by atoms with E-state index >= 15 is 0 Å². The molecule has 6 nitrogen and oxygen atoms in total. The first-order valence-corrected chi connectivity index (χ1v) is 5.93. The lowest BCUT2D eigenvalue weighted by Gasteiger charge is -2.21. The van der Waals surface area contributed by atoms with Crippen molar-refractivity contribution in [2.24, 2.45) is 0 Å². The zero-order valence-electron chi connectivity index (χ0n) is 10.5. The number of nitrogens with zero attached hydrogens (tertiary/aromatic N) is 3. The van der Waals surface area contributed by atoms with E-state index in [1.807, 2.05) is 0 Å². The van der Waals surface area contributed by atoms with Crippen LogP contribution in [0.15, 0.2) is 12.3 Å². The number of aromatic nitrogens is 2. The quantitative estimate of drug-likeness (QED) is 0.800. The van der Waals surface area contributed by atoms with Crippen molar-refractivity contribution >= 4 is 11.8 Å². The Bertz CT molecular complexity index is 475. The Morgan fingerprint density at radius 2 is 2.28 bits per heavy atom. The minimum atomic E-state index is -0.470. The second kappa shape index (κ2) is 5.12. The average molecular weight is 248 g/mol. The molecule has 2 heterocycles. The number of nitrogens with one attached hydrogen (secondary N) is 1. The third kappa shape index (κ3) is 2.82. The Labute approximate surface area is 105 Å². The summed E-state index contributed by atoms with van der Waals surface area (Å²) in [5, 5.41) is 2.66. The van der Waals surface area contributed by atoms with Crippen LogP contribution in [0.25, 0.3) is 0 Å². The van der Waals surface area contributed by atoms with E-state index in [1.165, 1.54) is 0 Å². The van der Waals surface area contributed by atoms with Gasteiger partial charge >= 0.3 is 0 Å². The molecule has 0 radical (unpaired) electrons. The van der Waals surface area contributed by atoms with Gasteiger partial charge in [0.25, 0.3) is 0 Å². The van der Waals surface area contributed by atoms with Gasteiger partial charge in [-0.3, -0.25) is 9.59 Å². The molecule has 1 N–H and O–H groups in total. The summed E-state index contributed by atoms with van der Waals surface area (Å²) in [6.07, 6.45) is 2.01. The van der Waals surface area contributed by atoms with Crippen LogP contribution in [0.2, 0.25) is 0 Å². The van der Waals surface area contributed by atoms with E-state index in [2.05, 4.69) is 15.3 Å². The zero-order valence-corrected chi connectivity index (χ0v) is 10.5. The first-order valence-electron chi connectivity index (χ1n) is 5.93. The number of carbonyl (C=O) groups excluding carboxylic acids is 2. The van der Waals surface area contributed by atoms with Gasteiger partial charge in [0.15, 0.2) is 0 Å². The number of amides is 2. The van der Waals surface area contributed by atoms with Crippen molar-refractivity contribution in [2.45, 2.75) is 32.9 Å². The molecule has 96 valence electrons. The second-order valence-electron chi connectivity index (χ2n) is 4.39. The van der Waals surface area contributed by atoms with Crippen LogP contribution in [0.1, 0.15) is 24.9 Å². The molecule has 0 aliphatic carbocycles. The Hall–Kier alpha value is -1.98. The summed E-state index contributed by atoms with van der Waals surface area (Å²) in [5.41, 5.74) is 0.789. The Kier molecular flexibility index (Phi) is 3.55. The van der Waals surface area contributed by atoms with Crippen molar-refractivity contribution in [1.29, 1.82) is 0 Å². The molecule has 2 rings (SSSR count). The van der Waals surface area contributed by atoms with E-state index < -0.39 is 6.04 Å². The highest BCUT2D eigenvalue weighted by Gasteiger charge is 2.26. The minimum absolute atomic E-state index is 0.0721. The topological polar surface area (TPSA) is 75.2 Å². The number of aryl methyl sites for hydroxylation is 1. The van der Waals surface area contributed by atoms with Crippen molar-refractivity contribution in [3.8, 4) is 0 Å². The van der Waals surface area contributed by atoms with Gasteiger partial charge in [-0.25, -0.2) is 9.97 Å². The average Bonchev–Trinajstić information content (AvgIpc) is 2.43. The van der Waals surface area contributed by atoms with Gasteiger partial charge in [0, 0.05) is 19.2 Å². The largest absolute Gasteiger partial charge is 0.345 e. The van der Waals surface area contributed by atoms with E-state index in [-0.39, 0.29) is 11.8 Å². The monoisotopic (exact) mass is 248 g/mol. The molecule has 1 atom stereocenters. The van der Waals surface area contributed by atoms with Crippen LogP contribution in [0.3, 0.4) is 0 Å². The molecule has 0 spiro atoms. The first kappa shape index (κ1) is 12.5. The van der Waals surface area contributed by atoms with Crippen LogP contribution >= 0.6 is 0 Å². The fourth-order valence-electron chi connectivity index (χ4n) is 1.94. The Balaban J connectivity index is 2.12. The highest BCUT2D eigenvalue weighted by atomic mass is 16.2. The smallest absolute Gasteiger partial charge is 0.245 e. The number of carbonyl (C=O) groups is 2. The van der Waals surface area contributed by atoms with Gasteiger partial charge in [-0.1, -0.05) is 0 Å². The lowest BCUT2D eigenvalue weighted by atomic mass is 10.2. The molecule has 2 amide bonds. The second-order valence-corrected chi connectivity index (χ2v) is 4.39. The fraction of sp³-hybridized carbons (Fsp3) is 0.500. The third-order valence-electron chi connectivity index (χ3n) is 2.85. The Morgan fingerprint density at radius 3 is 3.00 bits per heavy atom. The zero-order chi connectivity index (χ0) is 13.1. The minimum Gasteiger partial charge on any atom is -0.345 e. The summed E-state index contributed by atoms with van der Waals surface area (Å²) in [4.78, 5) is 33.4. The van der Waals surface area contributed by atoms with Crippen molar-refractivity contribution in [2.75, 3.05) is 6.54 Å². The van der Waals surface area contributed by atoms with Crippen molar-refractivity contribution < 1.29 is 9.59 Å². The molecule has 1 aromatic rings. The van der Waals surface area contributed by atoms with E-state index in [0.29, 0.717) is 25.3 Å². The molecule has 0 saturated carbocycles. The van der Waals surface area contributed by atoms with Gasteiger partial charge in [0.1, 0.15) is 11.9 Å². The van der Waals surface area contributed by atoms with Gasteiger partial charge in [0.2, 0.25) is 11.8 Å². The summed E-state index contributed by atoms with van der Waals surface area (Å²) in [7, 11) is 0. The maximum absolute atomic E-state index is 12.0. The Morgan fingerprint density at radius 1 is 1.50 bits per heavy atom. The maximum Gasteiger partial charge on any atom is 0.245 e. The molecule has 1 aromatic heterocycles. The molecule has 18 heavy (non-hydrogen) atoms. The summed E-state index contributed by atoms with van der Waals surface area (Å²) < 4.78 is 0. The number of rotatable bonds is 2. The summed E-state index contributed by atoms with van der Waals surface area (Å²) in [6.45, 7) is 4.35. The summed E-state index contributed by atoms with van der Waals surface area (Å²) in [6, 6.07) is 1.31. The molecule has 1 aliphatic rings. The van der Waals surface area contributed by atoms with Gasteiger partial charge in [-0.2, -0.15) is 0 Å². The fourth-order valence-corrected chi connectivity index (χ4v) is 1.94. The summed E-state index contributed by atoms with van der Waals surface area (Å²) >= 11 is 0. The highest BCUT2D eigenvalue weighted by Crippen LogP contribution is 2.08. The number of hydrogen-bond acceptors (Lipinski definition) is 4. The molecule has 1 aliphatic heterocycles. The molecule has 0 aromatic carbocycles. The predicted molar refractivity (Wildman–Crippen MR) is 64.4 cm³/mol. The lowest BCUT2D eigenvalue weighted by molar-refractivity contribution is -0.133. The van der Waals surface area contributed by atoms with Crippen LogP contribution in [-0.2, 0) is 16.1 Å². The molecule has 1 fully saturated rings. The molecular formula is C12H16N4O2. The highest BCUT2D eigenvalue weighted by molar-refractivity contribution is 5.89. The van der Waals surface area contributed by atoms with Gasteiger partial charge in [0.05, 0.1) is 12.2 Å². The molecular weight excluding hydrogens is 232 g/mol. The normalized spacial score (nSPS) is 20.6. The summed E-state index contributed by atoms with van der Waals surface area (Å²) in [5.74, 6) is 0.520. The van der Waals surface area contributed by atoms with E-state index in [9.17, 15) is 9.59 Å². The van der Waals surface area contributed by atoms with Crippen molar-refractivity contribution in [3.05, 3.63) is 23.8 Å². The molecule has 0 bridgehead atoms. The lowest BCUT2D eigenvalue weighted by Crippen LogP contribution is -2.42.